The van der Waals surface area contributed by atoms with Gasteiger partial charge in [-0.2, -0.15) is 0 Å². The van der Waals surface area contributed by atoms with Crippen molar-refractivity contribution in [3.63, 3.8) is 0 Å². The van der Waals surface area contributed by atoms with Crippen molar-refractivity contribution in [2.45, 2.75) is 52.0 Å². The van der Waals surface area contributed by atoms with E-state index >= 15 is 0 Å². The highest BCUT2D eigenvalue weighted by atomic mass is 79.9. The molecule has 1 saturated carbocycles. The Morgan fingerprint density at radius 2 is 1.80 bits per heavy atom. The highest BCUT2D eigenvalue weighted by Gasteiger charge is 2.20. The summed E-state index contributed by atoms with van der Waals surface area (Å²) in [6.07, 6.45) is 7.03. The van der Waals surface area contributed by atoms with Gasteiger partial charge in [0.05, 0.1) is 0 Å². The fourth-order valence-corrected chi connectivity index (χ4v) is 4.54. The molecule has 0 aromatic heterocycles. The summed E-state index contributed by atoms with van der Waals surface area (Å²) < 4.78 is 2.31. The first-order chi connectivity index (χ1) is 9.60. The molecule has 1 aromatic carbocycles. The number of rotatable bonds is 5. The second-order valence-electron chi connectivity index (χ2n) is 6.09. The van der Waals surface area contributed by atoms with E-state index in [-0.39, 0.29) is 0 Å². The molecule has 1 nitrogen and oxygen atoms in total. The Morgan fingerprint density at radius 3 is 2.40 bits per heavy atom. The maximum absolute atomic E-state index is 3.72. The standard InChI is InChI=1S/C17H25Br2N/c1-3-13-4-6-14(7-5-13)11-20-12(2)16-9-8-15(18)10-17(16)19/h8-10,12-14,20H,3-7,11H2,1-2H3. The average molecular weight is 403 g/mol. The summed E-state index contributed by atoms with van der Waals surface area (Å²) in [5, 5.41) is 3.72. The minimum Gasteiger partial charge on any atom is -0.310 e. The summed E-state index contributed by atoms with van der Waals surface area (Å²) >= 11 is 7.17. The molecule has 0 radical (unpaired) electrons. The van der Waals surface area contributed by atoms with Crippen LogP contribution in [-0.2, 0) is 0 Å². The van der Waals surface area contributed by atoms with Gasteiger partial charge in [0.25, 0.3) is 0 Å². The fraction of sp³-hybridized carbons (Fsp3) is 0.647. The second kappa shape index (κ2) is 7.95. The van der Waals surface area contributed by atoms with Crippen LogP contribution < -0.4 is 5.32 Å². The lowest BCUT2D eigenvalue weighted by molar-refractivity contribution is 0.258. The zero-order chi connectivity index (χ0) is 14.5. The molecule has 0 saturated heterocycles. The predicted molar refractivity (Wildman–Crippen MR) is 94.0 cm³/mol. The van der Waals surface area contributed by atoms with E-state index in [1.165, 1.54) is 42.1 Å². The van der Waals surface area contributed by atoms with E-state index in [1.807, 2.05) is 0 Å². The Kier molecular flexibility index (Phi) is 6.57. The van der Waals surface area contributed by atoms with Crippen molar-refractivity contribution in [1.29, 1.82) is 0 Å². The van der Waals surface area contributed by atoms with E-state index in [9.17, 15) is 0 Å². The Hall–Kier alpha value is 0.140. The van der Waals surface area contributed by atoms with Crippen molar-refractivity contribution < 1.29 is 0 Å². The number of halogens is 2. The van der Waals surface area contributed by atoms with Gasteiger partial charge in [-0.05, 0) is 55.8 Å². The van der Waals surface area contributed by atoms with Crippen LogP contribution in [0.5, 0.6) is 0 Å². The van der Waals surface area contributed by atoms with Gasteiger partial charge in [-0.3, -0.25) is 0 Å². The van der Waals surface area contributed by atoms with Crippen LogP contribution in [0.1, 0.15) is 57.6 Å². The van der Waals surface area contributed by atoms with E-state index in [1.54, 1.807) is 0 Å². The van der Waals surface area contributed by atoms with Crippen molar-refractivity contribution in [2.75, 3.05) is 6.54 Å². The lowest BCUT2D eigenvalue weighted by Crippen LogP contribution is -2.28. The van der Waals surface area contributed by atoms with Crippen LogP contribution in [0.25, 0.3) is 0 Å². The molecule has 1 fully saturated rings. The average Bonchev–Trinajstić information content (AvgIpc) is 2.45. The summed E-state index contributed by atoms with van der Waals surface area (Å²) in [5.41, 5.74) is 1.34. The zero-order valence-electron chi connectivity index (χ0n) is 12.5. The molecule has 0 spiro atoms. The first-order valence-electron chi connectivity index (χ1n) is 7.78. The molecule has 0 bridgehead atoms. The molecule has 20 heavy (non-hydrogen) atoms. The van der Waals surface area contributed by atoms with Crippen molar-refractivity contribution in [3.05, 3.63) is 32.7 Å². The Morgan fingerprint density at radius 1 is 1.15 bits per heavy atom. The molecule has 1 atom stereocenters. The quantitative estimate of drug-likeness (QED) is 0.629. The van der Waals surface area contributed by atoms with Gasteiger partial charge in [0, 0.05) is 15.0 Å². The molecule has 1 aliphatic rings. The minimum atomic E-state index is 0.404. The van der Waals surface area contributed by atoms with Gasteiger partial charge in [-0.25, -0.2) is 0 Å². The molecule has 1 aliphatic carbocycles. The summed E-state index contributed by atoms with van der Waals surface area (Å²) in [6, 6.07) is 6.84. The molecule has 1 unspecified atom stereocenters. The van der Waals surface area contributed by atoms with Gasteiger partial charge in [-0.15, -0.1) is 0 Å². The first-order valence-corrected chi connectivity index (χ1v) is 9.37. The number of hydrogen-bond donors (Lipinski definition) is 1. The Bertz CT molecular complexity index is 425. The molecule has 0 heterocycles. The lowest BCUT2D eigenvalue weighted by atomic mass is 9.81. The predicted octanol–water partition coefficient (Wildman–Crippen LogP) is 6.08. The third-order valence-electron chi connectivity index (χ3n) is 4.69. The van der Waals surface area contributed by atoms with Crippen LogP contribution in [0.15, 0.2) is 27.1 Å². The summed E-state index contributed by atoms with van der Waals surface area (Å²) in [6.45, 7) is 5.74. The van der Waals surface area contributed by atoms with Crippen LogP contribution in [0.4, 0.5) is 0 Å². The van der Waals surface area contributed by atoms with Gasteiger partial charge in [0.15, 0.2) is 0 Å². The van der Waals surface area contributed by atoms with Crippen LogP contribution in [0, 0.1) is 11.8 Å². The Labute approximate surface area is 140 Å². The van der Waals surface area contributed by atoms with Crippen LogP contribution in [-0.4, -0.2) is 6.54 Å². The van der Waals surface area contributed by atoms with Gasteiger partial charge in [-0.1, -0.05) is 64.1 Å². The SMILES string of the molecule is CCC1CCC(CNC(C)c2ccc(Br)cc2Br)CC1. The highest BCUT2D eigenvalue weighted by Crippen LogP contribution is 2.31. The smallest absolute Gasteiger partial charge is 0.0303 e. The lowest BCUT2D eigenvalue weighted by Gasteiger charge is -2.29. The normalized spacial score (nSPS) is 24.6. The monoisotopic (exact) mass is 401 g/mol. The van der Waals surface area contributed by atoms with E-state index < -0.39 is 0 Å². The third kappa shape index (κ3) is 4.57. The molecular formula is C17H25Br2N. The first kappa shape index (κ1) is 16.5. The van der Waals surface area contributed by atoms with Crippen molar-refractivity contribution >= 4 is 31.9 Å². The summed E-state index contributed by atoms with van der Waals surface area (Å²) in [5.74, 6) is 1.86. The molecule has 0 amide bonds. The van der Waals surface area contributed by atoms with Gasteiger partial charge >= 0.3 is 0 Å². The maximum atomic E-state index is 3.72. The van der Waals surface area contributed by atoms with Crippen molar-refractivity contribution in [3.8, 4) is 0 Å². The largest absolute Gasteiger partial charge is 0.310 e. The van der Waals surface area contributed by atoms with E-state index in [2.05, 4.69) is 69.2 Å². The second-order valence-corrected chi connectivity index (χ2v) is 7.86. The zero-order valence-corrected chi connectivity index (χ0v) is 15.6. The molecule has 3 heteroatoms. The molecule has 2 rings (SSSR count). The van der Waals surface area contributed by atoms with Crippen LogP contribution in [0.3, 0.4) is 0 Å². The molecule has 112 valence electrons. The number of hydrogen-bond acceptors (Lipinski definition) is 1. The molecule has 1 aromatic rings. The summed E-state index contributed by atoms with van der Waals surface area (Å²) in [4.78, 5) is 0. The third-order valence-corrected chi connectivity index (χ3v) is 5.87. The Balaban J connectivity index is 1.82. The van der Waals surface area contributed by atoms with E-state index in [4.69, 9.17) is 0 Å². The molecule has 0 aliphatic heterocycles. The van der Waals surface area contributed by atoms with Gasteiger partial charge < -0.3 is 5.32 Å². The fourth-order valence-electron chi connectivity index (χ4n) is 3.15. The molecule has 1 N–H and O–H groups in total. The molecular weight excluding hydrogens is 378 g/mol. The van der Waals surface area contributed by atoms with Crippen molar-refractivity contribution in [2.24, 2.45) is 11.8 Å². The number of benzene rings is 1. The minimum absolute atomic E-state index is 0.404. The highest BCUT2D eigenvalue weighted by molar-refractivity contribution is 9.11. The van der Waals surface area contributed by atoms with E-state index in [0.717, 1.165) is 22.9 Å². The topological polar surface area (TPSA) is 12.0 Å². The summed E-state index contributed by atoms with van der Waals surface area (Å²) in [7, 11) is 0. The number of nitrogens with one attached hydrogen (secondary N) is 1. The van der Waals surface area contributed by atoms with Crippen LogP contribution in [0.2, 0.25) is 0 Å². The van der Waals surface area contributed by atoms with Crippen LogP contribution >= 0.6 is 31.9 Å². The van der Waals surface area contributed by atoms with Gasteiger partial charge in [0.1, 0.15) is 0 Å². The van der Waals surface area contributed by atoms with Crippen molar-refractivity contribution in [1.82, 2.24) is 5.32 Å². The maximum Gasteiger partial charge on any atom is 0.0303 e. The van der Waals surface area contributed by atoms with E-state index in [0.29, 0.717) is 6.04 Å². The van der Waals surface area contributed by atoms with Gasteiger partial charge in [0.2, 0.25) is 0 Å².